The van der Waals surface area contributed by atoms with Gasteiger partial charge in [-0.05, 0) is 31.0 Å². The molecule has 0 aromatic heterocycles. The van der Waals surface area contributed by atoms with Gasteiger partial charge in [-0.2, -0.15) is 13.2 Å². The number of carbonyl (C=O) groups excluding carboxylic acids is 2. The first kappa shape index (κ1) is 22.2. The van der Waals surface area contributed by atoms with Crippen LogP contribution in [0.2, 0.25) is 0 Å². The molecule has 2 amide bonds. The van der Waals surface area contributed by atoms with E-state index in [2.05, 4.69) is 10.6 Å². The maximum atomic E-state index is 12.7. The van der Waals surface area contributed by atoms with Crippen LogP contribution in [0.3, 0.4) is 0 Å². The first-order valence-electron chi connectivity index (χ1n) is 8.81. The highest BCUT2D eigenvalue weighted by Crippen LogP contribution is 2.30. The number of amides is 2. The number of benzene rings is 1. The van der Waals surface area contributed by atoms with Gasteiger partial charge >= 0.3 is 6.18 Å². The van der Waals surface area contributed by atoms with Crippen molar-refractivity contribution in [2.45, 2.75) is 49.2 Å². The second-order valence-electron chi connectivity index (χ2n) is 6.53. The quantitative estimate of drug-likeness (QED) is 0.621. The molecule has 0 atom stereocenters. The molecule has 156 valence electrons. The minimum absolute atomic E-state index is 0.0811. The van der Waals surface area contributed by atoms with Crippen LogP contribution in [0.1, 0.15) is 37.7 Å². The molecule has 0 heterocycles. The highest BCUT2D eigenvalue weighted by Gasteiger charge is 2.31. The lowest BCUT2D eigenvalue weighted by atomic mass is 9.95. The third-order valence-corrected chi connectivity index (χ3v) is 5.71. The number of hydrogen-bond acceptors (Lipinski definition) is 4. The zero-order valence-electron chi connectivity index (χ0n) is 15.0. The Bertz CT molecular complexity index is 806. The van der Waals surface area contributed by atoms with Crippen molar-refractivity contribution in [1.29, 1.82) is 0 Å². The van der Waals surface area contributed by atoms with Crippen molar-refractivity contribution in [3.8, 4) is 0 Å². The molecule has 28 heavy (non-hydrogen) atoms. The van der Waals surface area contributed by atoms with Gasteiger partial charge in [0.1, 0.15) is 0 Å². The third kappa shape index (κ3) is 6.79. The summed E-state index contributed by atoms with van der Waals surface area (Å²) in [6, 6.07) is 3.27. The molecule has 1 aliphatic rings. The smallest absolute Gasteiger partial charge is 0.352 e. The van der Waals surface area contributed by atoms with E-state index in [1.54, 1.807) is 0 Å². The van der Waals surface area contributed by atoms with E-state index in [1.807, 2.05) is 4.72 Å². The van der Waals surface area contributed by atoms with E-state index in [9.17, 15) is 31.2 Å². The van der Waals surface area contributed by atoms with Crippen LogP contribution in [0.4, 0.5) is 13.2 Å². The lowest BCUT2D eigenvalue weighted by molar-refractivity contribution is -0.137. The molecular formula is C17H22F3N3O4S. The molecule has 1 aromatic carbocycles. The lowest BCUT2D eigenvalue weighted by Gasteiger charge is -2.22. The maximum absolute atomic E-state index is 12.7. The fourth-order valence-electron chi connectivity index (χ4n) is 2.85. The van der Waals surface area contributed by atoms with Crippen LogP contribution in [-0.2, 0) is 25.8 Å². The van der Waals surface area contributed by atoms with Crippen LogP contribution >= 0.6 is 0 Å². The number of hydrogen-bond donors (Lipinski definition) is 3. The Morgan fingerprint density at radius 2 is 1.71 bits per heavy atom. The van der Waals surface area contributed by atoms with Gasteiger partial charge in [0.15, 0.2) is 0 Å². The molecule has 1 aromatic rings. The number of halogens is 3. The minimum atomic E-state index is -4.69. The van der Waals surface area contributed by atoms with Crippen LogP contribution in [0.5, 0.6) is 0 Å². The van der Waals surface area contributed by atoms with Crippen LogP contribution in [-0.4, -0.2) is 39.4 Å². The number of rotatable bonds is 7. The Kier molecular flexibility index (Phi) is 7.41. The number of sulfonamides is 1. The van der Waals surface area contributed by atoms with Crippen LogP contribution in [0.15, 0.2) is 29.2 Å². The SMILES string of the molecule is O=C(CNS(=O)(=O)c1cccc(C(F)(F)F)c1)NCC(=O)NC1CCCCC1. The minimum Gasteiger partial charge on any atom is -0.352 e. The average Bonchev–Trinajstić information content (AvgIpc) is 2.65. The van der Waals surface area contributed by atoms with Gasteiger partial charge in [0.2, 0.25) is 21.8 Å². The fraction of sp³-hybridized carbons (Fsp3) is 0.529. The van der Waals surface area contributed by atoms with E-state index < -0.39 is 39.1 Å². The summed E-state index contributed by atoms with van der Waals surface area (Å²) in [5.74, 6) is -1.14. The summed E-state index contributed by atoms with van der Waals surface area (Å²) in [5.41, 5.74) is -1.11. The molecule has 7 nitrogen and oxygen atoms in total. The monoisotopic (exact) mass is 421 g/mol. The highest BCUT2D eigenvalue weighted by atomic mass is 32.2. The maximum Gasteiger partial charge on any atom is 0.416 e. The van der Waals surface area contributed by atoms with E-state index >= 15 is 0 Å². The summed E-state index contributed by atoms with van der Waals surface area (Å²) in [5, 5.41) is 5.07. The Hall–Kier alpha value is -2.14. The molecule has 1 fully saturated rings. The lowest BCUT2D eigenvalue weighted by Crippen LogP contribution is -2.45. The number of carbonyl (C=O) groups is 2. The average molecular weight is 421 g/mol. The van der Waals surface area contributed by atoms with Gasteiger partial charge in [0.05, 0.1) is 23.5 Å². The van der Waals surface area contributed by atoms with Crippen molar-refractivity contribution in [3.05, 3.63) is 29.8 Å². The topological polar surface area (TPSA) is 104 Å². The van der Waals surface area contributed by atoms with E-state index in [0.717, 1.165) is 50.3 Å². The molecule has 0 saturated heterocycles. The number of nitrogens with one attached hydrogen (secondary N) is 3. The molecule has 2 rings (SSSR count). The molecule has 1 saturated carbocycles. The van der Waals surface area contributed by atoms with Gasteiger partial charge in [0.25, 0.3) is 0 Å². The van der Waals surface area contributed by atoms with Gasteiger partial charge in [-0.3, -0.25) is 9.59 Å². The van der Waals surface area contributed by atoms with Crippen molar-refractivity contribution in [2.75, 3.05) is 13.1 Å². The summed E-state index contributed by atoms with van der Waals surface area (Å²) in [6.45, 7) is -1.00. The Labute approximate surface area is 161 Å². The molecular weight excluding hydrogens is 399 g/mol. The van der Waals surface area contributed by atoms with Crippen molar-refractivity contribution in [1.82, 2.24) is 15.4 Å². The standard InChI is InChI=1S/C17H22F3N3O4S/c18-17(19,20)12-5-4-8-14(9-12)28(26,27)22-11-15(24)21-10-16(25)23-13-6-2-1-3-7-13/h4-5,8-9,13,22H,1-3,6-7,10-11H2,(H,21,24)(H,23,25). The summed E-state index contributed by atoms with van der Waals surface area (Å²) < 4.78 is 64.2. The molecule has 0 aliphatic heterocycles. The molecule has 0 radical (unpaired) electrons. The third-order valence-electron chi connectivity index (χ3n) is 4.31. The Morgan fingerprint density at radius 3 is 2.36 bits per heavy atom. The molecule has 3 N–H and O–H groups in total. The predicted molar refractivity (Wildman–Crippen MR) is 94.7 cm³/mol. The predicted octanol–water partition coefficient (Wildman–Crippen LogP) is 1.55. The Balaban J connectivity index is 1.82. The zero-order valence-corrected chi connectivity index (χ0v) is 15.8. The summed E-state index contributed by atoms with van der Waals surface area (Å²) in [6.07, 6.45) is 0.292. The second kappa shape index (κ2) is 9.37. The van der Waals surface area contributed by atoms with Crippen LogP contribution in [0, 0.1) is 0 Å². The largest absolute Gasteiger partial charge is 0.416 e. The summed E-state index contributed by atoms with van der Waals surface area (Å²) in [7, 11) is -4.31. The van der Waals surface area contributed by atoms with E-state index in [0.29, 0.717) is 6.07 Å². The molecule has 0 bridgehead atoms. The Morgan fingerprint density at radius 1 is 1.04 bits per heavy atom. The second-order valence-corrected chi connectivity index (χ2v) is 8.30. The van der Waals surface area contributed by atoms with Gasteiger partial charge in [-0.25, -0.2) is 13.1 Å². The fourth-order valence-corrected chi connectivity index (χ4v) is 3.88. The molecule has 1 aliphatic carbocycles. The molecule has 0 spiro atoms. The number of alkyl halides is 3. The van der Waals surface area contributed by atoms with Gasteiger partial charge in [-0.15, -0.1) is 0 Å². The van der Waals surface area contributed by atoms with Crippen molar-refractivity contribution < 1.29 is 31.2 Å². The van der Waals surface area contributed by atoms with Crippen molar-refractivity contribution in [2.24, 2.45) is 0 Å². The van der Waals surface area contributed by atoms with E-state index in [1.165, 1.54) is 0 Å². The molecule has 11 heteroatoms. The first-order valence-corrected chi connectivity index (χ1v) is 10.3. The van der Waals surface area contributed by atoms with Crippen molar-refractivity contribution >= 4 is 21.8 Å². The van der Waals surface area contributed by atoms with Crippen LogP contribution < -0.4 is 15.4 Å². The normalized spacial score (nSPS) is 15.8. The highest BCUT2D eigenvalue weighted by molar-refractivity contribution is 7.89. The summed E-state index contributed by atoms with van der Waals surface area (Å²) >= 11 is 0. The van der Waals surface area contributed by atoms with Gasteiger partial charge in [0, 0.05) is 6.04 Å². The zero-order chi connectivity index (χ0) is 20.8. The van der Waals surface area contributed by atoms with Crippen LogP contribution in [0.25, 0.3) is 0 Å². The summed E-state index contributed by atoms with van der Waals surface area (Å²) in [4.78, 5) is 22.9. The first-order chi connectivity index (χ1) is 13.1. The molecule has 0 unspecified atom stereocenters. The van der Waals surface area contributed by atoms with E-state index in [-0.39, 0.29) is 18.5 Å². The van der Waals surface area contributed by atoms with Crippen molar-refractivity contribution in [3.63, 3.8) is 0 Å². The van der Waals surface area contributed by atoms with Gasteiger partial charge < -0.3 is 10.6 Å². The van der Waals surface area contributed by atoms with Gasteiger partial charge in [-0.1, -0.05) is 25.3 Å². The van der Waals surface area contributed by atoms with E-state index in [4.69, 9.17) is 0 Å².